The van der Waals surface area contributed by atoms with Crippen molar-refractivity contribution in [1.82, 2.24) is 10.2 Å². The third-order valence-corrected chi connectivity index (χ3v) is 4.07. The van der Waals surface area contributed by atoms with Gasteiger partial charge in [0.2, 0.25) is 0 Å². The molecule has 0 saturated carbocycles. The van der Waals surface area contributed by atoms with Crippen molar-refractivity contribution in [2.45, 2.75) is 57.3 Å². The fraction of sp³-hybridized carbons (Fsp3) is 0.857. The van der Waals surface area contributed by atoms with Crippen molar-refractivity contribution >= 4 is 11.9 Å². The van der Waals surface area contributed by atoms with Gasteiger partial charge < -0.3 is 20.1 Å². The third kappa shape index (κ3) is 3.49. The Kier molecular flexibility index (Phi) is 5.37. The highest BCUT2D eigenvalue weighted by atomic mass is 16.5. The van der Waals surface area contributed by atoms with Crippen LogP contribution in [-0.4, -0.2) is 59.8 Å². The van der Waals surface area contributed by atoms with E-state index >= 15 is 0 Å². The molecule has 0 aromatic heterocycles. The minimum atomic E-state index is -0.968. The minimum absolute atomic E-state index is 0.0255. The van der Waals surface area contributed by atoms with E-state index in [2.05, 4.69) is 12.2 Å². The molecule has 2 rings (SSSR count). The van der Waals surface area contributed by atoms with E-state index < -0.39 is 18.2 Å². The summed E-state index contributed by atoms with van der Waals surface area (Å²) in [5, 5.41) is 12.2. The zero-order chi connectivity index (χ0) is 14.5. The summed E-state index contributed by atoms with van der Waals surface area (Å²) in [7, 11) is 0. The van der Waals surface area contributed by atoms with Crippen LogP contribution in [0, 0.1) is 0 Å². The minimum Gasteiger partial charge on any atom is -0.479 e. The number of piperidine rings is 1. The van der Waals surface area contributed by atoms with Crippen molar-refractivity contribution in [1.29, 1.82) is 0 Å². The van der Waals surface area contributed by atoms with Crippen LogP contribution in [0.15, 0.2) is 0 Å². The summed E-state index contributed by atoms with van der Waals surface area (Å²) in [5.41, 5.74) is 0. The Balaban J connectivity index is 1.98. The van der Waals surface area contributed by atoms with Crippen molar-refractivity contribution in [2.75, 3.05) is 19.6 Å². The van der Waals surface area contributed by atoms with E-state index in [4.69, 9.17) is 9.84 Å². The maximum atomic E-state index is 12.6. The summed E-state index contributed by atoms with van der Waals surface area (Å²) in [6.45, 7) is 4.64. The maximum absolute atomic E-state index is 12.6. The fourth-order valence-corrected chi connectivity index (χ4v) is 3.02. The average Bonchev–Trinajstić information content (AvgIpc) is 2.95. The molecule has 0 bridgehead atoms. The predicted octanol–water partition coefficient (Wildman–Crippen LogP) is 0.609. The topological polar surface area (TPSA) is 78.9 Å². The Bertz CT molecular complexity index is 355. The number of hydrogen-bond donors (Lipinski definition) is 2. The molecule has 6 nitrogen and oxygen atoms in total. The molecule has 2 saturated heterocycles. The van der Waals surface area contributed by atoms with Gasteiger partial charge in [-0.3, -0.25) is 4.79 Å². The van der Waals surface area contributed by atoms with Crippen LogP contribution in [0.2, 0.25) is 0 Å². The zero-order valence-corrected chi connectivity index (χ0v) is 12.0. The van der Waals surface area contributed by atoms with Gasteiger partial charge >= 0.3 is 5.97 Å². The Labute approximate surface area is 119 Å². The Morgan fingerprint density at radius 3 is 2.40 bits per heavy atom. The summed E-state index contributed by atoms with van der Waals surface area (Å²) in [5.74, 6) is -0.994. The van der Waals surface area contributed by atoms with Crippen LogP contribution in [-0.2, 0) is 14.3 Å². The van der Waals surface area contributed by atoms with E-state index in [0.717, 1.165) is 38.9 Å². The SMILES string of the molecule is CCCN(C(=O)C1CCC(C(=O)O)O1)C1CCNCC1. The molecule has 1 amide bonds. The van der Waals surface area contributed by atoms with E-state index in [1.807, 2.05) is 4.90 Å². The second kappa shape index (κ2) is 7.04. The second-order valence-electron chi connectivity index (χ2n) is 5.54. The Morgan fingerprint density at radius 1 is 1.20 bits per heavy atom. The van der Waals surface area contributed by atoms with E-state index in [1.165, 1.54) is 0 Å². The first kappa shape index (κ1) is 15.3. The molecule has 2 fully saturated rings. The van der Waals surface area contributed by atoms with Crippen molar-refractivity contribution in [3.05, 3.63) is 0 Å². The number of ether oxygens (including phenoxy) is 1. The van der Waals surface area contributed by atoms with E-state index in [0.29, 0.717) is 12.8 Å². The monoisotopic (exact) mass is 284 g/mol. The molecule has 0 aromatic carbocycles. The third-order valence-electron chi connectivity index (χ3n) is 4.07. The average molecular weight is 284 g/mol. The lowest BCUT2D eigenvalue weighted by atomic mass is 10.0. The van der Waals surface area contributed by atoms with E-state index in [9.17, 15) is 9.59 Å². The first-order valence-electron chi connectivity index (χ1n) is 7.53. The maximum Gasteiger partial charge on any atom is 0.332 e. The largest absolute Gasteiger partial charge is 0.479 e. The summed E-state index contributed by atoms with van der Waals surface area (Å²) >= 11 is 0. The number of hydrogen-bond acceptors (Lipinski definition) is 4. The van der Waals surface area contributed by atoms with Gasteiger partial charge in [0.25, 0.3) is 5.91 Å². The number of carboxylic acid groups (broad SMARTS) is 1. The summed E-state index contributed by atoms with van der Waals surface area (Å²) in [6, 6.07) is 0.260. The van der Waals surface area contributed by atoms with Crippen molar-refractivity contribution in [2.24, 2.45) is 0 Å². The molecule has 2 aliphatic rings. The number of amides is 1. The highest BCUT2D eigenvalue weighted by molar-refractivity contribution is 5.83. The second-order valence-corrected chi connectivity index (χ2v) is 5.54. The molecule has 0 spiro atoms. The van der Waals surface area contributed by atoms with Crippen LogP contribution >= 0.6 is 0 Å². The molecule has 2 atom stereocenters. The highest BCUT2D eigenvalue weighted by Crippen LogP contribution is 2.24. The van der Waals surface area contributed by atoms with Crippen molar-refractivity contribution in [3.8, 4) is 0 Å². The number of nitrogens with zero attached hydrogens (tertiary/aromatic N) is 1. The number of nitrogens with one attached hydrogen (secondary N) is 1. The Hall–Kier alpha value is -1.14. The number of aliphatic carboxylic acids is 1. The van der Waals surface area contributed by atoms with Gasteiger partial charge in [-0.25, -0.2) is 4.79 Å². The molecule has 0 aliphatic carbocycles. The normalized spacial score (nSPS) is 27.4. The summed E-state index contributed by atoms with van der Waals surface area (Å²) < 4.78 is 5.40. The molecule has 0 radical (unpaired) electrons. The van der Waals surface area contributed by atoms with Crippen LogP contribution in [0.4, 0.5) is 0 Å². The van der Waals surface area contributed by atoms with Crippen LogP contribution < -0.4 is 5.32 Å². The molecular weight excluding hydrogens is 260 g/mol. The van der Waals surface area contributed by atoms with Crippen LogP contribution in [0.3, 0.4) is 0 Å². The van der Waals surface area contributed by atoms with Crippen molar-refractivity contribution < 1.29 is 19.4 Å². The van der Waals surface area contributed by atoms with E-state index in [1.54, 1.807) is 0 Å². The number of carbonyl (C=O) groups excluding carboxylic acids is 1. The van der Waals surface area contributed by atoms with Gasteiger partial charge in [-0.05, 0) is 45.2 Å². The highest BCUT2D eigenvalue weighted by Gasteiger charge is 2.38. The van der Waals surface area contributed by atoms with Gasteiger partial charge in [0.05, 0.1) is 0 Å². The first-order chi connectivity index (χ1) is 9.63. The standard InChI is InChI=1S/C14H24N2O4/c1-2-9-16(10-5-7-15-8-6-10)13(17)11-3-4-12(20-11)14(18)19/h10-12,15H,2-9H2,1H3,(H,18,19). The first-order valence-corrected chi connectivity index (χ1v) is 7.53. The van der Waals surface area contributed by atoms with Crippen LogP contribution in [0.25, 0.3) is 0 Å². The van der Waals surface area contributed by atoms with Crippen molar-refractivity contribution in [3.63, 3.8) is 0 Å². The molecule has 0 aromatic rings. The molecule has 2 aliphatic heterocycles. The zero-order valence-electron chi connectivity index (χ0n) is 12.0. The molecular formula is C14H24N2O4. The van der Waals surface area contributed by atoms with Gasteiger partial charge in [-0.15, -0.1) is 0 Å². The molecule has 2 unspecified atom stereocenters. The predicted molar refractivity (Wildman–Crippen MR) is 73.4 cm³/mol. The quantitative estimate of drug-likeness (QED) is 0.773. The van der Waals surface area contributed by atoms with Crippen LogP contribution in [0.5, 0.6) is 0 Å². The molecule has 2 N–H and O–H groups in total. The lowest BCUT2D eigenvalue weighted by molar-refractivity contribution is -0.156. The summed E-state index contributed by atoms with van der Waals surface area (Å²) in [6.07, 6.45) is 2.38. The van der Waals surface area contributed by atoms with Gasteiger partial charge in [-0.2, -0.15) is 0 Å². The molecule has 6 heteroatoms. The van der Waals surface area contributed by atoms with Crippen LogP contribution in [0.1, 0.15) is 39.0 Å². The molecule has 114 valence electrons. The van der Waals surface area contributed by atoms with E-state index in [-0.39, 0.29) is 11.9 Å². The summed E-state index contributed by atoms with van der Waals surface area (Å²) in [4.78, 5) is 25.4. The number of carboxylic acids is 1. The fourth-order valence-electron chi connectivity index (χ4n) is 3.02. The molecule has 20 heavy (non-hydrogen) atoms. The van der Waals surface area contributed by atoms with Gasteiger partial charge in [0, 0.05) is 12.6 Å². The number of rotatable bonds is 5. The molecule has 2 heterocycles. The van der Waals surface area contributed by atoms with Gasteiger partial charge in [-0.1, -0.05) is 6.92 Å². The lowest BCUT2D eigenvalue weighted by Gasteiger charge is -2.36. The number of carbonyl (C=O) groups is 2. The smallest absolute Gasteiger partial charge is 0.332 e. The Morgan fingerprint density at radius 2 is 1.85 bits per heavy atom. The lowest BCUT2D eigenvalue weighted by Crippen LogP contribution is -2.50. The van der Waals surface area contributed by atoms with Gasteiger partial charge in [0.15, 0.2) is 6.10 Å². The van der Waals surface area contributed by atoms with Gasteiger partial charge in [0.1, 0.15) is 6.10 Å².